The van der Waals surface area contributed by atoms with Gasteiger partial charge in [-0.15, -0.1) is 0 Å². The summed E-state index contributed by atoms with van der Waals surface area (Å²) in [4.78, 5) is 13.8. The van der Waals surface area contributed by atoms with Crippen molar-refractivity contribution >= 4 is 11.6 Å². The second-order valence-corrected chi connectivity index (χ2v) is 4.86. The molecule has 0 radical (unpaired) electrons. The highest BCUT2D eigenvalue weighted by atomic mass is 19.4. The highest BCUT2D eigenvalue weighted by Crippen LogP contribution is 2.35. The molecule has 0 spiro atoms. The quantitative estimate of drug-likeness (QED) is 0.904. The van der Waals surface area contributed by atoms with Gasteiger partial charge in [-0.2, -0.15) is 13.2 Å². The summed E-state index contributed by atoms with van der Waals surface area (Å²) >= 11 is 0. The van der Waals surface area contributed by atoms with Gasteiger partial charge in [-0.3, -0.25) is 4.79 Å². The van der Waals surface area contributed by atoms with E-state index in [1.165, 1.54) is 19.2 Å². The molecule has 20 heavy (non-hydrogen) atoms. The Morgan fingerprint density at radius 1 is 1.20 bits per heavy atom. The van der Waals surface area contributed by atoms with E-state index in [0.29, 0.717) is 13.1 Å². The Morgan fingerprint density at radius 2 is 1.85 bits per heavy atom. The van der Waals surface area contributed by atoms with E-state index in [2.05, 4.69) is 5.32 Å². The number of carbonyl (C=O) groups is 1. The molecule has 0 saturated carbocycles. The minimum atomic E-state index is -4.48. The average molecular weight is 286 g/mol. The van der Waals surface area contributed by atoms with Gasteiger partial charge in [0.1, 0.15) is 0 Å². The first-order chi connectivity index (χ1) is 9.43. The van der Waals surface area contributed by atoms with E-state index in [1.54, 1.807) is 4.90 Å². The van der Waals surface area contributed by atoms with Gasteiger partial charge in [0.25, 0.3) is 5.91 Å². The Kier molecular flexibility index (Phi) is 4.20. The summed E-state index contributed by atoms with van der Waals surface area (Å²) in [5.41, 5.74) is -0.728. The number of hydrogen-bond acceptors (Lipinski definition) is 2. The number of piperidine rings is 1. The average Bonchev–Trinajstić information content (AvgIpc) is 2.46. The fraction of sp³-hybridized carbons (Fsp3) is 0.500. The Morgan fingerprint density at radius 3 is 2.40 bits per heavy atom. The number of carbonyl (C=O) groups excluding carboxylic acids is 1. The van der Waals surface area contributed by atoms with Gasteiger partial charge in [0.15, 0.2) is 0 Å². The SMILES string of the molecule is CNc1ccc(C(=O)N2CCCCC2)cc1C(F)(F)F. The van der Waals surface area contributed by atoms with E-state index in [-0.39, 0.29) is 17.2 Å². The standard InChI is InChI=1S/C14H17F3N2O/c1-18-12-6-5-10(9-11(12)14(15,16)17)13(20)19-7-3-2-4-8-19/h5-6,9,18H,2-4,7-8H2,1H3. The highest BCUT2D eigenvalue weighted by molar-refractivity contribution is 5.95. The number of likely N-dealkylation sites (tertiary alicyclic amines) is 1. The van der Waals surface area contributed by atoms with Crippen LogP contribution in [0.5, 0.6) is 0 Å². The summed E-state index contributed by atoms with van der Waals surface area (Å²) in [6.07, 6.45) is -1.59. The molecule has 1 heterocycles. The van der Waals surface area contributed by atoms with Crippen molar-refractivity contribution in [3.05, 3.63) is 29.3 Å². The molecule has 0 aromatic heterocycles. The molecule has 6 heteroatoms. The number of amides is 1. The molecule has 110 valence electrons. The van der Waals surface area contributed by atoms with E-state index in [4.69, 9.17) is 0 Å². The summed E-state index contributed by atoms with van der Waals surface area (Å²) in [6, 6.07) is 3.68. The molecule has 1 aromatic carbocycles. The van der Waals surface area contributed by atoms with Gasteiger partial charge in [0, 0.05) is 31.4 Å². The maximum atomic E-state index is 13.0. The molecule has 1 aromatic rings. The van der Waals surface area contributed by atoms with Crippen molar-refractivity contribution in [2.75, 3.05) is 25.5 Å². The van der Waals surface area contributed by atoms with E-state index in [9.17, 15) is 18.0 Å². The van der Waals surface area contributed by atoms with E-state index in [0.717, 1.165) is 25.3 Å². The maximum Gasteiger partial charge on any atom is 0.418 e. The van der Waals surface area contributed by atoms with Crippen LogP contribution in [0.15, 0.2) is 18.2 Å². The van der Waals surface area contributed by atoms with Crippen LogP contribution >= 0.6 is 0 Å². The van der Waals surface area contributed by atoms with Crippen LogP contribution in [0.25, 0.3) is 0 Å². The van der Waals surface area contributed by atoms with Crippen molar-refractivity contribution in [3.63, 3.8) is 0 Å². The number of nitrogens with zero attached hydrogens (tertiary/aromatic N) is 1. The third-order valence-electron chi connectivity index (χ3n) is 3.48. The molecule has 1 N–H and O–H groups in total. The normalized spacial score (nSPS) is 16.1. The molecule has 0 atom stereocenters. The van der Waals surface area contributed by atoms with Crippen molar-refractivity contribution in [1.82, 2.24) is 4.90 Å². The first-order valence-corrected chi connectivity index (χ1v) is 6.62. The zero-order chi connectivity index (χ0) is 14.8. The molecule has 0 aliphatic carbocycles. The largest absolute Gasteiger partial charge is 0.418 e. The summed E-state index contributed by atoms with van der Waals surface area (Å²) < 4.78 is 38.9. The molecule has 3 nitrogen and oxygen atoms in total. The maximum absolute atomic E-state index is 13.0. The Balaban J connectivity index is 2.30. The van der Waals surface area contributed by atoms with Gasteiger partial charge < -0.3 is 10.2 Å². The summed E-state index contributed by atoms with van der Waals surface area (Å²) in [6.45, 7) is 1.24. The lowest BCUT2D eigenvalue weighted by molar-refractivity contribution is -0.136. The Hall–Kier alpha value is -1.72. The van der Waals surface area contributed by atoms with E-state index in [1.807, 2.05) is 0 Å². The van der Waals surface area contributed by atoms with Gasteiger partial charge in [-0.1, -0.05) is 0 Å². The number of nitrogens with one attached hydrogen (secondary N) is 1. The van der Waals surface area contributed by atoms with Gasteiger partial charge in [0.2, 0.25) is 0 Å². The number of rotatable bonds is 2. The van der Waals surface area contributed by atoms with Crippen LogP contribution in [-0.4, -0.2) is 30.9 Å². The molecule has 1 fully saturated rings. The molecule has 0 bridgehead atoms. The predicted molar refractivity (Wildman–Crippen MR) is 70.7 cm³/mol. The van der Waals surface area contributed by atoms with Gasteiger partial charge in [-0.05, 0) is 37.5 Å². The summed E-state index contributed by atoms with van der Waals surface area (Å²) in [7, 11) is 1.43. The van der Waals surface area contributed by atoms with Crippen molar-refractivity contribution < 1.29 is 18.0 Å². The number of halogens is 3. The fourth-order valence-electron chi connectivity index (χ4n) is 2.41. The van der Waals surface area contributed by atoms with Crippen LogP contribution in [-0.2, 0) is 6.18 Å². The topological polar surface area (TPSA) is 32.3 Å². The highest BCUT2D eigenvalue weighted by Gasteiger charge is 2.34. The van der Waals surface area contributed by atoms with Crippen LogP contribution in [0.4, 0.5) is 18.9 Å². The summed E-state index contributed by atoms with van der Waals surface area (Å²) in [5.74, 6) is -0.321. The molecule has 1 aliphatic rings. The number of anilines is 1. The van der Waals surface area contributed by atoms with Crippen LogP contribution in [0, 0.1) is 0 Å². The van der Waals surface area contributed by atoms with E-state index >= 15 is 0 Å². The van der Waals surface area contributed by atoms with Crippen LogP contribution in [0.1, 0.15) is 35.2 Å². The number of hydrogen-bond donors (Lipinski definition) is 1. The first-order valence-electron chi connectivity index (χ1n) is 6.62. The zero-order valence-corrected chi connectivity index (χ0v) is 11.3. The number of alkyl halides is 3. The zero-order valence-electron chi connectivity index (χ0n) is 11.3. The fourth-order valence-corrected chi connectivity index (χ4v) is 2.41. The van der Waals surface area contributed by atoms with Crippen LogP contribution in [0.3, 0.4) is 0 Å². The van der Waals surface area contributed by atoms with Crippen molar-refractivity contribution in [1.29, 1.82) is 0 Å². The van der Waals surface area contributed by atoms with Crippen molar-refractivity contribution in [2.24, 2.45) is 0 Å². The Labute approximate surface area is 115 Å². The van der Waals surface area contributed by atoms with Crippen molar-refractivity contribution in [3.8, 4) is 0 Å². The van der Waals surface area contributed by atoms with Gasteiger partial charge >= 0.3 is 6.18 Å². The smallest absolute Gasteiger partial charge is 0.388 e. The van der Waals surface area contributed by atoms with Crippen molar-refractivity contribution in [2.45, 2.75) is 25.4 Å². The third-order valence-corrected chi connectivity index (χ3v) is 3.48. The van der Waals surface area contributed by atoms with Gasteiger partial charge in [0.05, 0.1) is 5.56 Å². The summed E-state index contributed by atoms with van der Waals surface area (Å²) in [5, 5.41) is 2.50. The van der Waals surface area contributed by atoms with Crippen LogP contribution < -0.4 is 5.32 Å². The molecule has 1 saturated heterocycles. The second-order valence-electron chi connectivity index (χ2n) is 4.86. The number of benzene rings is 1. The minimum Gasteiger partial charge on any atom is -0.388 e. The molecular weight excluding hydrogens is 269 g/mol. The predicted octanol–water partition coefficient (Wildman–Crippen LogP) is 3.37. The molecule has 0 unspecified atom stereocenters. The second kappa shape index (κ2) is 5.73. The molecular formula is C14H17F3N2O. The lowest BCUT2D eigenvalue weighted by Gasteiger charge is -2.27. The minimum absolute atomic E-state index is 0.0207. The Bertz CT molecular complexity index is 494. The third kappa shape index (κ3) is 3.05. The van der Waals surface area contributed by atoms with Gasteiger partial charge in [-0.25, -0.2) is 0 Å². The lowest BCUT2D eigenvalue weighted by atomic mass is 10.0. The molecule has 2 rings (SSSR count). The molecule has 1 amide bonds. The lowest BCUT2D eigenvalue weighted by Crippen LogP contribution is -2.35. The first kappa shape index (κ1) is 14.7. The monoisotopic (exact) mass is 286 g/mol. The van der Waals surface area contributed by atoms with Crippen LogP contribution in [0.2, 0.25) is 0 Å². The van der Waals surface area contributed by atoms with E-state index < -0.39 is 11.7 Å². The molecule has 1 aliphatic heterocycles.